The largest absolute Gasteiger partial charge is 0.478 e. The third kappa shape index (κ3) is 4.96. The molecule has 0 fully saturated rings. The van der Waals surface area contributed by atoms with E-state index >= 15 is 0 Å². The minimum absolute atomic E-state index is 0.0237. The lowest BCUT2D eigenvalue weighted by molar-refractivity contribution is 0.0697. The lowest BCUT2D eigenvalue weighted by Gasteiger charge is -2.26. The van der Waals surface area contributed by atoms with Crippen LogP contribution in [-0.2, 0) is 10.0 Å². The van der Waals surface area contributed by atoms with Crippen LogP contribution >= 0.6 is 12.2 Å². The number of carboxylic acids is 1. The Kier molecular flexibility index (Phi) is 5.92. The monoisotopic (exact) mass is 427 g/mol. The van der Waals surface area contributed by atoms with Crippen molar-refractivity contribution in [1.82, 2.24) is 0 Å². The summed E-state index contributed by atoms with van der Waals surface area (Å²) < 4.78 is 23.1. The summed E-state index contributed by atoms with van der Waals surface area (Å²) in [5.41, 5.74) is 2.09. The van der Waals surface area contributed by atoms with Gasteiger partial charge in [-0.3, -0.25) is 4.90 Å². The molecule has 0 aromatic heterocycles. The number of rotatable bonds is 5. The summed E-state index contributed by atoms with van der Waals surface area (Å²) in [6.45, 7) is 0. The van der Waals surface area contributed by atoms with Gasteiger partial charge in [0.25, 0.3) is 0 Å². The Morgan fingerprint density at radius 1 is 0.897 bits per heavy atom. The van der Waals surface area contributed by atoms with Crippen LogP contribution in [0, 0.1) is 0 Å². The van der Waals surface area contributed by atoms with E-state index in [0.29, 0.717) is 16.5 Å². The Morgan fingerprint density at radius 2 is 1.41 bits per heavy atom. The molecule has 0 bridgehead atoms. The van der Waals surface area contributed by atoms with E-state index in [4.69, 9.17) is 22.5 Å². The van der Waals surface area contributed by atoms with Crippen LogP contribution in [0.2, 0.25) is 0 Å². The molecule has 9 heteroatoms. The molecule has 0 spiro atoms. The first kappa shape index (κ1) is 20.5. The number of carbonyl (C=O) groups is 1. The van der Waals surface area contributed by atoms with Crippen LogP contribution in [-0.4, -0.2) is 24.6 Å². The third-order valence-electron chi connectivity index (χ3n) is 4.02. The lowest BCUT2D eigenvalue weighted by Crippen LogP contribution is -2.30. The number of sulfonamides is 1. The Hall–Kier alpha value is -3.27. The van der Waals surface area contributed by atoms with Crippen LogP contribution in [0.5, 0.6) is 0 Å². The fraction of sp³-hybridized carbons (Fsp3) is 0. The first-order valence-corrected chi connectivity index (χ1v) is 10.3. The highest BCUT2D eigenvalue weighted by Gasteiger charge is 2.17. The Morgan fingerprint density at radius 3 is 1.90 bits per heavy atom. The number of nitrogens with one attached hydrogen (secondary N) is 1. The molecule has 29 heavy (non-hydrogen) atoms. The van der Waals surface area contributed by atoms with Gasteiger partial charge in [-0.05, 0) is 72.9 Å². The van der Waals surface area contributed by atoms with Gasteiger partial charge in [-0.2, -0.15) is 0 Å². The molecule has 4 N–H and O–H groups in total. The van der Waals surface area contributed by atoms with Crippen molar-refractivity contribution in [2.45, 2.75) is 4.90 Å². The number of hydrogen-bond acceptors (Lipinski definition) is 4. The van der Waals surface area contributed by atoms with Gasteiger partial charge in [0.1, 0.15) is 0 Å². The van der Waals surface area contributed by atoms with Crippen molar-refractivity contribution in [3.05, 3.63) is 84.4 Å². The van der Waals surface area contributed by atoms with Gasteiger partial charge < -0.3 is 10.4 Å². The summed E-state index contributed by atoms with van der Waals surface area (Å²) in [4.78, 5) is 12.8. The number of anilines is 3. The molecule has 0 aliphatic heterocycles. The summed E-state index contributed by atoms with van der Waals surface area (Å²) in [5.74, 6) is -1.04. The summed E-state index contributed by atoms with van der Waals surface area (Å²) in [7, 11) is -3.83. The second-order valence-corrected chi connectivity index (χ2v) is 7.97. The van der Waals surface area contributed by atoms with Crippen LogP contribution in [0.25, 0.3) is 0 Å². The molecule has 0 radical (unpaired) electrons. The molecular weight excluding hydrogens is 410 g/mol. The Balaban J connectivity index is 2.01. The number of nitrogens with two attached hydrogens (primary N) is 1. The standard InChI is InChI=1S/C20H17N3O4S2/c21-29(26,27)18-12-10-17(11-13-18)23(16-8-6-14(7-9-16)19(24)25)20(28)22-15-4-2-1-3-5-15/h1-13H,(H,22,28)(H,24,25)(H2,21,26,27). The second-order valence-electron chi connectivity index (χ2n) is 6.02. The molecule has 3 aromatic rings. The number of carboxylic acid groups (broad SMARTS) is 1. The van der Waals surface area contributed by atoms with Crippen molar-refractivity contribution in [2.24, 2.45) is 5.14 Å². The fourth-order valence-electron chi connectivity index (χ4n) is 2.62. The highest BCUT2D eigenvalue weighted by molar-refractivity contribution is 7.89. The van der Waals surface area contributed by atoms with E-state index in [-0.39, 0.29) is 10.5 Å². The maximum Gasteiger partial charge on any atom is 0.335 e. The number of primary sulfonamides is 1. The lowest BCUT2D eigenvalue weighted by atomic mass is 10.2. The zero-order chi connectivity index (χ0) is 21.0. The van der Waals surface area contributed by atoms with Gasteiger partial charge in [-0.25, -0.2) is 18.4 Å². The average Bonchev–Trinajstić information content (AvgIpc) is 2.69. The van der Waals surface area contributed by atoms with Crippen LogP contribution in [0.4, 0.5) is 17.1 Å². The predicted octanol–water partition coefficient (Wildman–Crippen LogP) is 3.57. The molecule has 0 amide bonds. The Labute approximate surface area is 173 Å². The summed E-state index contributed by atoms with van der Waals surface area (Å²) in [6.07, 6.45) is 0. The van der Waals surface area contributed by atoms with Crippen molar-refractivity contribution in [1.29, 1.82) is 0 Å². The van der Waals surface area contributed by atoms with E-state index in [1.165, 1.54) is 24.3 Å². The van der Waals surface area contributed by atoms with Gasteiger partial charge in [0.2, 0.25) is 10.0 Å². The van der Waals surface area contributed by atoms with Crippen LogP contribution in [0.3, 0.4) is 0 Å². The molecular formula is C20H17N3O4S2. The van der Waals surface area contributed by atoms with Crippen LogP contribution in [0.1, 0.15) is 10.4 Å². The molecule has 0 atom stereocenters. The van der Waals surface area contributed by atoms with Gasteiger partial charge >= 0.3 is 5.97 Å². The predicted molar refractivity (Wildman–Crippen MR) is 116 cm³/mol. The van der Waals surface area contributed by atoms with Crippen LogP contribution < -0.4 is 15.4 Å². The second kappa shape index (κ2) is 8.39. The normalized spacial score (nSPS) is 10.9. The van der Waals surface area contributed by atoms with Gasteiger partial charge in [-0.1, -0.05) is 18.2 Å². The van der Waals surface area contributed by atoms with Crippen molar-refractivity contribution in [3.63, 3.8) is 0 Å². The molecule has 0 saturated carbocycles. The number of thiocarbonyl (C=S) groups is 1. The summed E-state index contributed by atoms with van der Waals surface area (Å²) in [5, 5.41) is 17.7. The zero-order valence-electron chi connectivity index (χ0n) is 15.0. The van der Waals surface area contributed by atoms with E-state index < -0.39 is 16.0 Å². The maximum absolute atomic E-state index is 11.5. The molecule has 0 unspecified atom stereocenters. The highest BCUT2D eigenvalue weighted by atomic mass is 32.2. The molecule has 148 valence electrons. The van der Waals surface area contributed by atoms with Gasteiger partial charge in [0.05, 0.1) is 10.5 Å². The van der Waals surface area contributed by atoms with Gasteiger partial charge in [0, 0.05) is 17.1 Å². The first-order chi connectivity index (χ1) is 13.8. The van der Waals surface area contributed by atoms with E-state index in [1.54, 1.807) is 29.2 Å². The van der Waals surface area contributed by atoms with E-state index in [1.807, 2.05) is 30.3 Å². The van der Waals surface area contributed by atoms with E-state index in [2.05, 4.69) is 5.32 Å². The highest BCUT2D eigenvalue weighted by Crippen LogP contribution is 2.28. The summed E-state index contributed by atoms with van der Waals surface area (Å²) >= 11 is 5.57. The Bertz CT molecular complexity index is 1130. The molecule has 0 saturated heterocycles. The number of hydrogen-bond donors (Lipinski definition) is 3. The minimum atomic E-state index is -3.83. The average molecular weight is 428 g/mol. The minimum Gasteiger partial charge on any atom is -0.478 e. The van der Waals surface area contributed by atoms with Crippen molar-refractivity contribution in [2.75, 3.05) is 10.2 Å². The molecule has 0 aliphatic rings. The maximum atomic E-state index is 11.5. The molecule has 3 aromatic carbocycles. The SMILES string of the molecule is NS(=O)(=O)c1ccc(N(C(=S)Nc2ccccc2)c2ccc(C(=O)O)cc2)cc1. The smallest absolute Gasteiger partial charge is 0.335 e. The van der Waals surface area contributed by atoms with Crippen molar-refractivity contribution < 1.29 is 18.3 Å². The van der Waals surface area contributed by atoms with Gasteiger partial charge in [0.15, 0.2) is 5.11 Å². The fourth-order valence-corrected chi connectivity index (χ4v) is 3.47. The molecule has 7 nitrogen and oxygen atoms in total. The van der Waals surface area contributed by atoms with E-state index in [9.17, 15) is 13.2 Å². The zero-order valence-corrected chi connectivity index (χ0v) is 16.7. The summed E-state index contributed by atoms with van der Waals surface area (Å²) in [6, 6.07) is 21.4. The van der Waals surface area contributed by atoms with Crippen molar-refractivity contribution >= 4 is 50.4 Å². The molecule has 3 rings (SSSR count). The van der Waals surface area contributed by atoms with Crippen LogP contribution in [0.15, 0.2) is 83.8 Å². The third-order valence-corrected chi connectivity index (χ3v) is 5.24. The molecule has 0 aliphatic carbocycles. The topological polar surface area (TPSA) is 113 Å². The van der Waals surface area contributed by atoms with E-state index in [0.717, 1.165) is 5.69 Å². The number of para-hydroxylation sites is 1. The first-order valence-electron chi connectivity index (χ1n) is 8.38. The van der Waals surface area contributed by atoms with Gasteiger partial charge in [-0.15, -0.1) is 0 Å². The number of aromatic carboxylic acids is 1. The quantitative estimate of drug-likeness (QED) is 0.534. The molecule has 0 heterocycles. The van der Waals surface area contributed by atoms with Crippen molar-refractivity contribution in [3.8, 4) is 0 Å². The number of benzene rings is 3. The number of nitrogens with zero attached hydrogens (tertiary/aromatic N) is 1.